The van der Waals surface area contributed by atoms with E-state index >= 15 is 0 Å². The molecule has 0 aliphatic rings. The molecule has 0 aliphatic heterocycles. The Kier molecular flexibility index (Phi) is 279. The highest BCUT2D eigenvalue weighted by atomic mass is 32.1. The molecular weight excluding hydrogens is 1890 g/mol. The second-order valence-electron chi connectivity index (χ2n) is 35.5. The monoisotopic (exact) mass is 2140 g/mol. The molecule has 0 spiro atoms. The molecule has 4 N–H and O–H groups in total. The summed E-state index contributed by atoms with van der Waals surface area (Å²) in [5.41, 5.74) is 4.71. The van der Waals surface area contributed by atoms with Crippen LogP contribution in [0.2, 0.25) is 0 Å². The van der Waals surface area contributed by atoms with Gasteiger partial charge in [0.15, 0.2) is 12.7 Å². The summed E-state index contributed by atoms with van der Waals surface area (Å²) in [6, 6.07) is 17.1. The fourth-order valence-corrected chi connectivity index (χ4v) is 4.97. The zero-order chi connectivity index (χ0) is 120. The minimum absolute atomic E-state index is 0. The molecule has 23 nitrogen and oxygen atoms in total. The maximum absolute atomic E-state index is 4.98. The quantitative estimate of drug-likeness (QED) is 0.110. The minimum atomic E-state index is -0.0174. The second-order valence-corrected chi connectivity index (χ2v) is 38.6. The van der Waals surface area contributed by atoms with Crippen molar-refractivity contribution in [2.45, 2.75) is 482 Å². The maximum atomic E-state index is 4.98. The van der Waals surface area contributed by atoms with Gasteiger partial charge in [-0.05, 0) is 129 Å². The molecule has 0 atom stereocenters. The van der Waals surface area contributed by atoms with Gasteiger partial charge in [-0.2, -0.15) is 21.5 Å². The lowest BCUT2D eigenvalue weighted by Gasteiger charge is -2.11. The SMILES string of the molecule is C.CC.CC.CC.CC.CC.CC.CC.CC.CC.CC.CC.CC.CC.CC(C)(C)C.CC(C)(C)C.CC(C)(C)c1nnco1.CC(C)(C)c1nncs1.CC(C)C.CC(C)C.CC(C)C.CC(C)C.CC(C)C.CC(C)C.CC(C)C.CC(C)C.CC(C)C.c1c[nH]cn1.c1cc[nH]c1.c1ccoc1.c1ccsc1.c1cn[nH]c1.c1cnoc1.c1cnsc1.c1cocn1.c1cscn1.c1nc[nH]n1.c1ncon1. The summed E-state index contributed by atoms with van der Waals surface area (Å²) in [4.78, 5) is 23.6. The molecule has 0 saturated carbocycles. The van der Waals surface area contributed by atoms with Gasteiger partial charge in [-0.3, -0.25) is 15.2 Å². The smallest absolute Gasteiger partial charge is 0.221 e. The topological polar surface area (TPSA) is 309 Å². The molecule has 0 radical (unpaired) electrons. The van der Waals surface area contributed by atoms with Crippen molar-refractivity contribution >= 4 is 45.5 Å². The van der Waals surface area contributed by atoms with Gasteiger partial charge < -0.3 is 32.3 Å². The van der Waals surface area contributed by atoms with Crippen LogP contribution in [0.4, 0.5) is 0 Å². The molecule has 0 amide bonds. The summed E-state index contributed by atoms with van der Waals surface area (Å²) in [5, 5.41) is 42.9. The fraction of sp³-hybridized carbons (Fsp3) is 0.681. The largest absolute Gasteiger partial charge is 0.473 e. The van der Waals surface area contributed by atoms with Crippen LogP contribution in [0, 0.1) is 64.1 Å². The molecule has 146 heavy (non-hydrogen) atoms. The first-order chi connectivity index (χ1) is 68.3. The van der Waals surface area contributed by atoms with Gasteiger partial charge in [0, 0.05) is 71.2 Å². The van der Waals surface area contributed by atoms with Gasteiger partial charge in [-0.1, -0.05) is 494 Å². The summed E-state index contributed by atoms with van der Waals surface area (Å²) in [5.74, 6) is 8.18. The van der Waals surface area contributed by atoms with Crippen molar-refractivity contribution in [3.8, 4) is 0 Å². The number of thiazole rings is 1. The summed E-state index contributed by atoms with van der Waals surface area (Å²) in [6.45, 7) is 140. The molecular formula is C119H254N18O5S4. The van der Waals surface area contributed by atoms with Gasteiger partial charge in [-0.15, -0.1) is 43.1 Å². The van der Waals surface area contributed by atoms with Gasteiger partial charge in [0.25, 0.3) is 0 Å². The van der Waals surface area contributed by atoms with Crippen LogP contribution in [0.15, 0.2) is 241 Å². The minimum Gasteiger partial charge on any atom is -0.473 e. The Labute approximate surface area is 927 Å². The number of hydrogen-bond donors (Lipinski definition) is 4. The average molecular weight is 2150 g/mol. The van der Waals surface area contributed by atoms with Gasteiger partial charge >= 0.3 is 0 Å². The number of H-pyrrole nitrogens is 4. The van der Waals surface area contributed by atoms with E-state index in [1.807, 2.05) is 283 Å². The number of hydrogen-bond acceptors (Lipinski definition) is 23. The van der Waals surface area contributed by atoms with Crippen LogP contribution in [-0.2, 0) is 10.8 Å². The third kappa shape index (κ3) is 467. The van der Waals surface area contributed by atoms with Crippen molar-refractivity contribution in [2.24, 2.45) is 64.1 Å². The van der Waals surface area contributed by atoms with Crippen molar-refractivity contribution in [3.63, 3.8) is 0 Å². The van der Waals surface area contributed by atoms with Crippen LogP contribution in [0.3, 0.4) is 0 Å². The van der Waals surface area contributed by atoms with Crippen LogP contribution < -0.4 is 0 Å². The van der Waals surface area contributed by atoms with Crippen molar-refractivity contribution in [1.29, 1.82) is 0 Å². The summed E-state index contributed by atoms with van der Waals surface area (Å²) in [7, 11) is 0. The van der Waals surface area contributed by atoms with E-state index in [4.69, 9.17) is 4.42 Å². The molecule has 0 fully saturated rings. The molecule has 13 rings (SSSR count). The summed E-state index contributed by atoms with van der Waals surface area (Å²) >= 11 is 6.39. The summed E-state index contributed by atoms with van der Waals surface area (Å²) in [6.07, 6.45) is 33.6. The van der Waals surface area contributed by atoms with Crippen molar-refractivity contribution < 1.29 is 22.3 Å². The highest BCUT2D eigenvalue weighted by Crippen LogP contribution is 2.22. The first kappa shape index (κ1) is 202. The number of nitrogens with one attached hydrogen (secondary N) is 4. The zero-order valence-corrected chi connectivity index (χ0v) is 111. The summed E-state index contributed by atoms with van der Waals surface area (Å²) < 4.78 is 26.4. The normalized spacial score (nSPS) is 8.05. The second kappa shape index (κ2) is 201. The Balaban J connectivity index is -0.0000000452. The molecule has 13 aromatic rings. The van der Waals surface area contributed by atoms with Gasteiger partial charge in [0.05, 0.1) is 36.8 Å². The Morgan fingerprint density at radius 1 is 0.281 bits per heavy atom. The van der Waals surface area contributed by atoms with E-state index in [9.17, 15) is 0 Å². The Hall–Kier alpha value is -8.66. The van der Waals surface area contributed by atoms with Crippen molar-refractivity contribution in [1.82, 2.24) is 90.4 Å². The number of rotatable bonds is 0. The maximum Gasteiger partial charge on any atom is 0.221 e. The van der Waals surface area contributed by atoms with Crippen LogP contribution in [0.25, 0.3) is 0 Å². The van der Waals surface area contributed by atoms with E-state index in [-0.39, 0.29) is 18.3 Å². The lowest BCUT2D eigenvalue weighted by Crippen LogP contribution is -2.11. The third-order valence-electron chi connectivity index (χ3n) is 6.16. The fourth-order valence-electron chi connectivity index (χ4n) is 3.17. The number of aromatic amines is 4. The lowest BCUT2D eigenvalue weighted by atomic mass is 9.97. The zero-order valence-electron chi connectivity index (χ0n) is 108. The van der Waals surface area contributed by atoms with Gasteiger partial charge in [-0.25, -0.2) is 24.3 Å². The van der Waals surface area contributed by atoms with Crippen LogP contribution in [-0.4, -0.2) is 90.4 Å². The first-order valence-electron chi connectivity index (χ1n) is 53.5. The number of imidazole rings is 1. The highest BCUT2D eigenvalue weighted by molar-refractivity contribution is 7.09. The number of oxazole rings is 1. The van der Waals surface area contributed by atoms with Crippen LogP contribution in [0.1, 0.15) is 482 Å². The predicted molar refractivity (Wildman–Crippen MR) is 670 cm³/mol. The number of nitrogens with zero attached hydrogens (tertiary/aromatic N) is 14. The number of thiophene rings is 1. The van der Waals surface area contributed by atoms with E-state index in [1.54, 1.807) is 120 Å². The number of furan rings is 1. The molecule has 0 saturated heterocycles. The molecule has 0 bridgehead atoms. The highest BCUT2D eigenvalue weighted by Gasteiger charge is 2.19. The van der Waals surface area contributed by atoms with E-state index in [0.29, 0.717) is 16.7 Å². The molecule has 874 valence electrons. The van der Waals surface area contributed by atoms with Crippen molar-refractivity contribution in [3.05, 3.63) is 230 Å². The number of aromatic nitrogens is 18. The standard InChI is InChI=1S/C6H10N2O.C6H10N2S.2C5H12.C4H5N.C4H4O.C4H4S.9C4H10.2C3H4N2.2C3H3NO.2C3H3NS.C2H3N3.C2H2N2O.13C2H6.CH4/c2*1-6(2,3)5-8-7-4-9-5;2*1-5(2,3)4;3*1-2-4-5-3-1;9*1-4(2)3;1-2-5-3-4-1;1-2-4-5-3-1;1-2-5-3-4-1;1-2-4-5-3-1;1-2-5-3-4-1;1-2-4-5-3-1;2*1-3-2-5-4-1;13*1-2;/h2*4H,1-3H3;2*1-4H3;1-5H;2*1-4H;9*4H,1-3H3;2*1-3H,(H,4,5);4*1-3H;1-2H,(H,3,4,5);1-2H;13*1-2H3;1H4. The van der Waals surface area contributed by atoms with E-state index < -0.39 is 0 Å². The Bertz CT molecular complexity index is 2460. The molecule has 0 unspecified atom stereocenters. The van der Waals surface area contributed by atoms with E-state index in [2.05, 4.69) is 371 Å². The molecule has 27 heteroatoms. The Morgan fingerprint density at radius 2 is 0.699 bits per heavy atom. The lowest BCUT2D eigenvalue weighted by molar-refractivity contribution is 0.392. The van der Waals surface area contributed by atoms with Crippen molar-refractivity contribution in [2.75, 3.05) is 0 Å². The Morgan fingerprint density at radius 3 is 0.801 bits per heavy atom. The third-order valence-corrected chi connectivity index (χ3v) is 8.95. The first-order valence-corrected chi connectivity index (χ1v) is 57.1. The van der Waals surface area contributed by atoms with Gasteiger partial charge in [0.1, 0.15) is 35.7 Å². The predicted octanol–water partition coefficient (Wildman–Crippen LogP) is 44.6. The average Bonchev–Trinajstić information content (AvgIpc) is 1.76. The van der Waals surface area contributed by atoms with E-state index in [1.165, 1.54) is 62.2 Å². The van der Waals surface area contributed by atoms with E-state index in [0.717, 1.165) is 58.3 Å². The van der Waals surface area contributed by atoms with Gasteiger partial charge in [0.2, 0.25) is 18.7 Å². The van der Waals surface area contributed by atoms with Crippen LogP contribution >= 0.6 is 45.5 Å². The molecule has 13 aromatic heterocycles. The molecule has 0 aromatic carbocycles. The molecule has 0 aliphatic carbocycles. The molecule has 13 heterocycles. The van der Waals surface area contributed by atoms with Crippen LogP contribution in [0.5, 0.6) is 0 Å².